The first-order valence-electron chi connectivity index (χ1n) is 4.48. The summed E-state index contributed by atoms with van der Waals surface area (Å²) in [6, 6.07) is -0.770. The van der Waals surface area contributed by atoms with Crippen LogP contribution in [0.2, 0.25) is 0 Å². The van der Waals surface area contributed by atoms with Crippen LogP contribution in [0, 0.1) is 5.92 Å². The Morgan fingerprint density at radius 3 is 2.85 bits per heavy atom. The van der Waals surface area contributed by atoms with Crippen LogP contribution in [-0.2, 0) is 4.79 Å². The van der Waals surface area contributed by atoms with Crippen molar-refractivity contribution < 1.29 is 9.59 Å². The molecule has 0 aromatic carbocycles. The van der Waals surface area contributed by atoms with Crippen molar-refractivity contribution in [3.05, 3.63) is 0 Å². The lowest BCUT2D eigenvalue weighted by Crippen LogP contribution is -2.38. The third-order valence-corrected chi connectivity index (χ3v) is 2.14. The van der Waals surface area contributed by atoms with E-state index in [1.54, 1.807) is 0 Å². The van der Waals surface area contributed by atoms with Crippen LogP contribution >= 0.6 is 0 Å². The van der Waals surface area contributed by atoms with Crippen LogP contribution in [0.3, 0.4) is 0 Å². The smallest absolute Gasteiger partial charge is 0.318 e. The van der Waals surface area contributed by atoms with Crippen molar-refractivity contribution in [1.82, 2.24) is 10.6 Å². The zero-order valence-electron chi connectivity index (χ0n) is 7.51. The van der Waals surface area contributed by atoms with Gasteiger partial charge in [0, 0.05) is 6.42 Å². The predicted octanol–water partition coefficient (Wildman–Crippen LogP) is -0.429. The molecule has 1 rings (SSSR count). The normalized spacial score (nSPS) is 22.3. The Balaban J connectivity index is 2.22. The maximum absolute atomic E-state index is 11.1. The van der Waals surface area contributed by atoms with Crippen molar-refractivity contribution in [1.29, 1.82) is 0 Å². The number of primary amides is 1. The molecule has 1 unspecified atom stereocenters. The van der Waals surface area contributed by atoms with Gasteiger partial charge in [0.25, 0.3) is 0 Å². The van der Waals surface area contributed by atoms with Gasteiger partial charge in [0.15, 0.2) is 0 Å². The van der Waals surface area contributed by atoms with Gasteiger partial charge in [-0.25, -0.2) is 4.79 Å². The van der Waals surface area contributed by atoms with Gasteiger partial charge >= 0.3 is 6.03 Å². The molecule has 74 valence electrons. The molecular formula is C8H15N3O2. The van der Waals surface area contributed by atoms with Crippen LogP contribution in [0.1, 0.15) is 19.3 Å². The standard InChI is InChI=1S/C8H15N3O2/c9-8(13)11-7(12)4-6-2-1-3-10-5-6/h6,10H,1-5H2,(H3,9,11,12,13). The number of nitrogens with one attached hydrogen (secondary N) is 2. The molecule has 5 nitrogen and oxygen atoms in total. The van der Waals surface area contributed by atoms with Gasteiger partial charge in [0.05, 0.1) is 0 Å². The summed E-state index contributed by atoms with van der Waals surface area (Å²) in [7, 11) is 0. The van der Waals surface area contributed by atoms with E-state index in [1.165, 1.54) is 0 Å². The molecule has 1 aliphatic rings. The number of amides is 3. The van der Waals surface area contributed by atoms with Crippen molar-refractivity contribution in [3.63, 3.8) is 0 Å². The molecule has 0 aromatic rings. The van der Waals surface area contributed by atoms with Crippen LogP contribution in [0.5, 0.6) is 0 Å². The molecule has 3 amide bonds. The Hall–Kier alpha value is -1.10. The number of imide groups is 1. The van der Waals surface area contributed by atoms with Gasteiger partial charge in [-0.2, -0.15) is 0 Å². The highest BCUT2D eigenvalue weighted by molar-refractivity contribution is 5.93. The van der Waals surface area contributed by atoms with Crippen LogP contribution in [0.25, 0.3) is 0 Å². The number of hydrogen-bond donors (Lipinski definition) is 3. The van der Waals surface area contributed by atoms with E-state index in [0.717, 1.165) is 25.9 Å². The van der Waals surface area contributed by atoms with E-state index in [9.17, 15) is 9.59 Å². The largest absolute Gasteiger partial charge is 0.351 e. The fraction of sp³-hybridized carbons (Fsp3) is 0.750. The summed E-state index contributed by atoms with van der Waals surface area (Å²) in [5.41, 5.74) is 4.81. The number of nitrogens with two attached hydrogens (primary N) is 1. The van der Waals surface area contributed by atoms with Crippen LogP contribution in [-0.4, -0.2) is 25.0 Å². The Labute approximate surface area is 77.1 Å². The zero-order valence-corrected chi connectivity index (χ0v) is 7.51. The predicted molar refractivity (Wildman–Crippen MR) is 47.9 cm³/mol. The Bertz CT molecular complexity index is 200. The second kappa shape index (κ2) is 4.81. The van der Waals surface area contributed by atoms with E-state index in [2.05, 4.69) is 10.6 Å². The molecule has 0 saturated carbocycles. The molecule has 0 spiro atoms. The molecule has 0 aromatic heterocycles. The minimum atomic E-state index is -0.770. The molecular weight excluding hydrogens is 170 g/mol. The van der Waals surface area contributed by atoms with Crippen molar-refractivity contribution in [2.45, 2.75) is 19.3 Å². The Morgan fingerprint density at radius 2 is 2.31 bits per heavy atom. The van der Waals surface area contributed by atoms with E-state index >= 15 is 0 Å². The molecule has 5 heteroatoms. The van der Waals surface area contributed by atoms with Gasteiger partial charge in [0.1, 0.15) is 0 Å². The first-order valence-corrected chi connectivity index (χ1v) is 4.48. The Morgan fingerprint density at radius 1 is 1.54 bits per heavy atom. The van der Waals surface area contributed by atoms with Gasteiger partial charge in [-0.1, -0.05) is 0 Å². The summed E-state index contributed by atoms with van der Waals surface area (Å²) in [5, 5.41) is 5.26. The Kier molecular flexibility index (Phi) is 3.70. The second-order valence-electron chi connectivity index (χ2n) is 3.33. The van der Waals surface area contributed by atoms with E-state index in [4.69, 9.17) is 5.73 Å². The van der Waals surface area contributed by atoms with E-state index in [-0.39, 0.29) is 5.91 Å². The van der Waals surface area contributed by atoms with Crippen molar-refractivity contribution >= 4 is 11.9 Å². The lowest BCUT2D eigenvalue weighted by molar-refractivity contribution is -0.121. The number of carbonyl (C=O) groups is 2. The molecule has 1 atom stereocenters. The summed E-state index contributed by atoms with van der Waals surface area (Å²) in [6.45, 7) is 1.88. The van der Waals surface area contributed by atoms with E-state index in [1.807, 2.05) is 0 Å². The number of rotatable bonds is 2. The van der Waals surface area contributed by atoms with E-state index < -0.39 is 6.03 Å². The summed E-state index contributed by atoms with van der Waals surface area (Å²) in [4.78, 5) is 21.4. The van der Waals surface area contributed by atoms with Crippen LogP contribution in [0.15, 0.2) is 0 Å². The average molecular weight is 185 g/mol. The lowest BCUT2D eigenvalue weighted by Gasteiger charge is -2.21. The molecule has 0 aliphatic carbocycles. The fourth-order valence-electron chi connectivity index (χ4n) is 1.55. The van der Waals surface area contributed by atoms with Gasteiger partial charge < -0.3 is 11.1 Å². The van der Waals surface area contributed by atoms with Crippen molar-refractivity contribution in [2.75, 3.05) is 13.1 Å². The SMILES string of the molecule is NC(=O)NC(=O)CC1CCCNC1. The highest BCUT2D eigenvalue weighted by Crippen LogP contribution is 2.13. The molecule has 13 heavy (non-hydrogen) atoms. The summed E-state index contributed by atoms with van der Waals surface area (Å²) in [5.74, 6) is 0.0642. The monoisotopic (exact) mass is 185 g/mol. The fourth-order valence-corrected chi connectivity index (χ4v) is 1.55. The molecule has 1 fully saturated rings. The van der Waals surface area contributed by atoms with Crippen LogP contribution < -0.4 is 16.4 Å². The first kappa shape index (κ1) is 9.98. The number of hydrogen-bond acceptors (Lipinski definition) is 3. The minimum absolute atomic E-state index is 0.277. The topological polar surface area (TPSA) is 84.2 Å². The maximum atomic E-state index is 11.1. The first-order chi connectivity index (χ1) is 6.18. The molecule has 4 N–H and O–H groups in total. The third-order valence-electron chi connectivity index (χ3n) is 2.14. The molecule has 0 radical (unpaired) electrons. The highest BCUT2D eigenvalue weighted by atomic mass is 16.2. The molecule has 1 heterocycles. The van der Waals surface area contributed by atoms with Gasteiger partial charge in [-0.05, 0) is 31.8 Å². The van der Waals surface area contributed by atoms with Crippen molar-refractivity contribution in [2.24, 2.45) is 11.7 Å². The van der Waals surface area contributed by atoms with Gasteiger partial charge in [-0.3, -0.25) is 10.1 Å². The quantitative estimate of drug-likeness (QED) is 0.546. The average Bonchev–Trinajstić information content (AvgIpc) is 2.04. The summed E-state index contributed by atoms with van der Waals surface area (Å²) in [6.07, 6.45) is 2.52. The maximum Gasteiger partial charge on any atom is 0.318 e. The van der Waals surface area contributed by atoms with Gasteiger partial charge in [0.2, 0.25) is 5.91 Å². The highest BCUT2D eigenvalue weighted by Gasteiger charge is 2.16. The van der Waals surface area contributed by atoms with Crippen molar-refractivity contribution in [3.8, 4) is 0 Å². The lowest BCUT2D eigenvalue weighted by atomic mass is 9.96. The molecule has 1 aliphatic heterocycles. The van der Waals surface area contributed by atoms with E-state index in [0.29, 0.717) is 12.3 Å². The zero-order chi connectivity index (χ0) is 9.68. The molecule has 1 saturated heterocycles. The van der Waals surface area contributed by atoms with Gasteiger partial charge in [-0.15, -0.1) is 0 Å². The summed E-state index contributed by atoms with van der Waals surface area (Å²) >= 11 is 0. The number of carbonyl (C=O) groups excluding carboxylic acids is 2. The van der Waals surface area contributed by atoms with Crippen LogP contribution in [0.4, 0.5) is 4.79 Å². The summed E-state index contributed by atoms with van der Waals surface area (Å²) < 4.78 is 0. The number of piperidine rings is 1. The second-order valence-corrected chi connectivity index (χ2v) is 3.33. The third kappa shape index (κ3) is 3.89. The minimum Gasteiger partial charge on any atom is -0.351 e. The number of urea groups is 1. The molecule has 0 bridgehead atoms.